The number of fused-ring (bicyclic) bond motifs is 1. The molecule has 0 aliphatic heterocycles. The molecule has 0 aliphatic rings. The lowest BCUT2D eigenvalue weighted by molar-refractivity contribution is 1.18. The predicted octanol–water partition coefficient (Wildman–Crippen LogP) is 2.27. The fourth-order valence-corrected chi connectivity index (χ4v) is 2.38. The Morgan fingerprint density at radius 1 is 1.50 bits per heavy atom. The first-order chi connectivity index (χ1) is 5.81. The fourth-order valence-electron chi connectivity index (χ4n) is 0.850. The van der Waals surface area contributed by atoms with Gasteiger partial charge in [0.15, 0.2) is 5.65 Å². The molecule has 0 saturated carbocycles. The van der Waals surface area contributed by atoms with Crippen molar-refractivity contribution in [3.63, 3.8) is 0 Å². The summed E-state index contributed by atoms with van der Waals surface area (Å²) in [6, 6.07) is 0. The molecule has 7 heteroatoms. The third-order valence-corrected chi connectivity index (χ3v) is 3.60. The molecule has 12 heavy (non-hydrogen) atoms. The lowest BCUT2D eigenvalue weighted by atomic mass is 10.6. The lowest BCUT2D eigenvalue weighted by Crippen LogP contribution is -1.85. The Morgan fingerprint density at radius 2 is 2.33 bits per heavy atom. The maximum Gasteiger partial charge on any atom is 0.224 e. The van der Waals surface area contributed by atoms with Crippen LogP contribution in [0.3, 0.4) is 0 Å². The quantitative estimate of drug-likeness (QED) is 0.461. The minimum absolute atomic E-state index is 0.263. The zero-order valence-electron chi connectivity index (χ0n) is 5.70. The van der Waals surface area contributed by atoms with Gasteiger partial charge in [-0.05, 0) is 33.6 Å². The van der Waals surface area contributed by atoms with Gasteiger partial charge >= 0.3 is 0 Å². The highest BCUT2D eigenvalue weighted by molar-refractivity contribution is 14.2. The Kier molecular flexibility index (Phi) is 2.43. The van der Waals surface area contributed by atoms with Crippen molar-refractivity contribution in [2.24, 2.45) is 0 Å². The topological polar surface area (TPSA) is 43.6 Å². The van der Waals surface area contributed by atoms with E-state index in [4.69, 9.17) is 11.6 Å². The number of imidazole rings is 1. The third kappa shape index (κ3) is 1.41. The number of hydrogen-bond acceptors (Lipinski definition) is 3. The highest BCUT2D eigenvalue weighted by Crippen LogP contribution is 2.27. The Morgan fingerprint density at radius 3 is 3.08 bits per heavy atom. The summed E-state index contributed by atoms with van der Waals surface area (Å²) in [5, 5.41) is 0.263. The first kappa shape index (κ1) is 8.59. The summed E-state index contributed by atoms with van der Waals surface area (Å²) in [4.78, 5) is 12.0. The number of aromatic nitrogens is 4. The normalized spacial score (nSPS) is 11.8. The van der Waals surface area contributed by atoms with Crippen molar-refractivity contribution in [3.05, 3.63) is 17.8 Å². The van der Waals surface area contributed by atoms with Crippen molar-refractivity contribution in [1.82, 2.24) is 19.3 Å². The van der Waals surface area contributed by atoms with Crippen LogP contribution in [0.25, 0.3) is 11.2 Å². The zero-order chi connectivity index (χ0) is 8.55. The smallest absolute Gasteiger partial charge is 0.224 e. The lowest BCUT2D eigenvalue weighted by Gasteiger charge is -1.94. The molecular formula is C5H3ClIN4P. The Balaban J connectivity index is 2.75. The molecule has 2 heterocycles. The van der Waals surface area contributed by atoms with Crippen LogP contribution in [0.5, 0.6) is 0 Å². The molecule has 1 atom stereocenters. The van der Waals surface area contributed by atoms with Crippen LogP contribution >= 0.6 is 40.0 Å². The van der Waals surface area contributed by atoms with Crippen LogP contribution in [-0.4, -0.2) is 19.3 Å². The summed E-state index contributed by atoms with van der Waals surface area (Å²) in [6.07, 6.45) is 3.94. The van der Waals surface area contributed by atoms with Gasteiger partial charge in [0.25, 0.3) is 0 Å². The van der Waals surface area contributed by atoms with Gasteiger partial charge in [0, 0.05) is 0 Å². The zero-order valence-corrected chi connectivity index (χ0v) is 9.61. The SMILES string of the molecule is Clc1ncc2ncn(PI)c2n1. The molecule has 0 bridgehead atoms. The van der Waals surface area contributed by atoms with E-state index in [1.165, 1.54) is 0 Å². The summed E-state index contributed by atoms with van der Waals surface area (Å²) < 4.78 is 1.93. The van der Waals surface area contributed by atoms with Gasteiger partial charge in [0.2, 0.25) is 5.28 Å². The molecule has 0 amide bonds. The van der Waals surface area contributed by atoms with Gasteiger partial charge in [-0.1, -0.05) is 0 Å². The maximum atomic E-state index is 5.64. The first-order valence-electron chi connectivity index (χ1n) is 3.03. The summed E-state index contributed by atoms with van der Waals surface area (Å²) in [6.45, 7) is 0. The minimum atomic E-state index is 0.263. The average Bonchev–Trinajstić information content (AvgIpc) is 2.46. The molecule has 0 N–H and O–H groups in total. The van der Waals surface area contributed by atoms with Crippen molar-refractivity contribution in [2.45, 2.75) is 0 Å². The van der Waals surface area contributed by atoms with Gasteiger partial charge in [-0.25, -0.2) is 9.97 Å². The van der Waals surface area contributed by atoms with E-state index in [0.717, 1.165) is 11.2 Å². The van der Waals surface area contributed by atoms with E-state index in [0.29, 0.717) is 6.37 Å². The number of halogens is 2. The number of hydrogen-bond donors (Lipinski definition) is 0. The first-order valence-corrected chi connectivity index (χ1v) is 7.47. The molecule has 4 nitrogen and oxygen atoms in total. The van der Waals surface area contributed by atoms with Crippen LogP contribution < -0.4 is 0 Å². The second-order valence-corrected chi connectivity index (χ2v) is 4.48. The van der Waals surface area contributed by atoms with Crippen molar-refractivity contribution in [1.29, 1.82) is 0 Å². The monoisotopic (exact) mass is 312 g/mol. The molecule has 0 aromatic carbocycles. The second kappa shape index (κ2) is 3.40. The minimum Gasteiger partial charge on any atom is -0.287 e. The molecule has 0 saturated heterocycles. The van der Waals surface area contributed by atoms with Crippen LogP contribution in [0, 0.1) is 0 Å². The van der Waals surface area contributed by atoms with Crippen LogP contribution in [0.2, 0.25) is 5.28 Å². The molecule has 1 unspecified atom stereocenters. The second-order valence-electron chi connectivity index (χ2n) is 2.05. The van der Waals surface area contributed by atoms with Crippen LogP contribution in [0.1, 0.15) is 0 Å². The molecule has 2 rings (SSSR count). The van der Waals surface area contributed by atoms with E-state index in [1.54, 1.807) is 12.5 Å². The van der Waals surface area contributed by atoms with Gasteiger partial charge < -0.3 is 0 Å². The predicted molar refractivity (Wildman–Crippen MR) is 58.1 cm³/mol. The third-order valence-electron chi connectivity index (χ3n) is 1.35. The molecule has 62 valence electrons. The molecule has 0 aliphatic carbocycles. The number of rotatable bonds is 1. The summed E-state index contributed by atoms with van der Waals surface area (Å²) in [7, 11) is 0. The van der Waals surface area contributed by atoms with Crippen molar-refractivity contribution < 1.29 is 0 Å². The Bertz CT molecular complexity index is 417. The summed E-state index contributed by atoms with van der Waals surface area (Å²) >= 11 is 7.90. The van der Waals surface area contributed by atoms with E-state index < -0.39 is 0 Å². The fraction of sp³-hybridized carbons (Fsp3) is 0. The van der Waals surface area contributed by atoms with E-state index in [1.807, 2.05) is 4.34 Å². The van der Waals surface area contributed by atoms with Crippen molar-refractivity contribution >= 4 is 51.2 Å². The molecular weight excluding hydrogens is 309 g/mol. The standard InChI is InChI=1S/C5H3ClIN4P/c6-5-8-1-3-4(10-5)11(12-7)2-9-3/h1-2,12H. The summed E-state index contributed by atoms with van der Waals surface area (Å²) in [5.74, 6) is 0. The average molecular weight is 312 g/mol. The van der Waals surface area contributed by atoms with Crippen molar-refractivity contribution in [2.75, 3.05) is 0 Å². The van der Waals surface area contributed by atoms with Gasteiger partial charge in [0.05, 0.1) is 12.6 Å². The van der Waals surface area contributed by atoms with Gasteiger partial charge in [-0.15, -0.1) is 0 Å². The Hall–Kier alpha value is -0.000000000000000111. The largest absolute Gasteiger partial charge is 0.287 e. The summed E-state index contributed by atoms with van der Waals surface area (Å²) in [5.41, 5.74) is 1.58. The highest BCUT2D eigenvalue weighted by atomic mass is 127. The van der Waals surface area contributed by atoms with Crippen LogP contribution in [0.15, 0.2) is 12.5 Å². The number of nitrogens with zero attached hydrogens (tertiary/aromatic N) is 4. The maximum absolute atomic E-state index is 5.64. The Labute approximate surface area is 88.1 Å². The van der Waals surface area contributed by atoms with E-state index in [2.05, 4.69) is 37.0 Å². The van der Waals surface area contributed by atoms with Crippen molar-refractivity contribution in [3.8, 4) is 0 Å². The molecule has 2 aromatic heterocycles. The molecule has 0 radical (unpaired) electrons. The van der Waals surface area contributed by atoms with Gasteiger partial charge in [-0.3, -0.25) is 4.34 Å². The van der Waals surface area contributed by atoms with E-state index >= 15 is 0 Å². The molecule has 0 fully saturated rings. The van der Waals surface area contributed by atoms with E-state index in [9.17, 15) is 0 Å². The molecule has 2 aromatic rings. The van der Waals surface area contributed by atoms with Gasteiger partial charge in [-0.2, -0.15) is 4.98 Å². The van der Waals surface area contributed by atoms with Crippen LogP contribution in [0.4, 0.5) is 0 Å². The van der Waals surface area contributed by atoms with Crippen LogP contribution in [-0.2, 0) is 0 Å². The highest BCUT2D eigenvalue weighted by Gasteiger charge is 2.03. The van der Waals surface area contributed by atoms with E-state index in [-0.39, 0.29) is 5.28 Å². The van der Waals surface area contributed by atoms with Gasteiger partial charge in [0.1, 0.15) is 11.8 Å². The molecule has 0 spiro atoms.